The summed E-state index contributed by atoms with van der Waals surface area (Å²) in [6.07, 6.45) is 0. The van der Waals surface area contributed by atoms with E-state index in [2.05, 4.69) is 42.7 Å². The van der Waals surface area contributed by atoms with Crippen molar-refractivity contribution in [3.8, 4) is 0 Å². The highest BCUT2D eigenvalue weighted by Gasteiger charge is 2.21. The largest absolute Gasteiger partial charge is 0.387 e. The summed E-state index contributed by atoms with van der Waals surface area (Å²) in [7, 11) is 4.33. The van der Waals surface area contributed by atoms with Gasteiger partial charge in [-0.25, -0.2) is 0 Å². The van der Waals surface area contributed by atoms with Crippen molar-refractivity contribution in [2.75, 3.05) is 40.3 Å². The second-order valence-corrected chi connectivity index (χ2v) is 4.82. The van der Waals surface area contributed by atoms with Gasteiger partial charge in [-0.1, -0.05) is 13.8 Å². The minimum atomic E-state index is 0.358. The third kappa shape index (κ3) is 3.80. The van der Waals surface area contributed by atoms with Crippen LogP contribution < -0.4 is 5.73 Å². The fourth-order valence-electron chi connectivity index (χ4n) is 1.69. The summed E-state index contributed by atoms with van der Waals surface area (Å²) in [5.41, 5.74) is 5.83. The number of rotatable bonds is 3. The topological polar surface area (TPSA) is 44.9 Å². The highest BCUT2D eigenvalue weighted by Crippen LogP contribution is 2.06. The molecule has 0 amide bonds. The monoisotopic (exact) mass is 212 g/mol. The molecule has 1 heterocycles. The summed E-state index contributed by atoms with van der Waals surface area (Å²) in [4.78, 5) is 9.18. The Morgan fingerprint density at radius 1 is 1.40 bits per heavy atom. The number of piperazine rings is 1. The van der Waals surface area contributed by atoms with Gasteiger partial charge in [0, 0.05) is 31.6 Å². The lowest BCUT2D eigenvalue weighted by atomic mass is 10.1. The van der Waals surface area contributed by atoms with E-state index >= 15 is 0 Å². The normalized spacial score (nSPS) is 26.2. The lowest BCUT2D eigenvalue weighted by molar-refractivity contribution is 0.119. The fourth-order valence-corrected chi connectivity index (χ4v) is 1.69. The van der Waals surface area contributed by atoms with Gasteiger partial charge >= 0.3 is 0 Å². The third-order valence-corrected chi connectivity index (χ3v) is 3.06. The Morgan fingerprint density at radius 2 is 2.07 bits per heavy atom. The molecule has 0 saturated carbocycles. The first-order chi connectivity index (χ1) is 7.00. The van der Waals surface area contributed by atoms with Crippen LogP contribution in [0.15, 0.2) is 4.99 Å². The molecule has 15 heavy (non-hydrogen) atoms. The summed E-state index contributed by atoms with van der Waals surface area (Å²) in [5, 5.41) is 0. The van der Waals surface area contributed by atoms with Gasteiger partial charge in [0.15, 0.2) is 0 Å². The standard InChI is InChI=1S/C11H24N4/c1-9(2)11(12)13-7-10-8-14(3)5-6-15(10)4/h9-10H,5-8H2,1-4H3,(H2,12,13). The Bertz CT molecular complexity index is 225. The summed E-state index contributed by atoms with van der Waals surface area (Å²) in [5.74, 6) is 1.13. The Labute approximate surface area is 93.1 Å². The number of hydrogen-bond donors (Lipinski definition) is 1. The maximum Gasteiger partial charge on any atom is 0.0963 e. The predicted octanol–water partition coefficient (Wildman–Crippen LogP) is 0.245. The molecule has 0 spiro atoms. The van der Waals surface area contributed by atoms with E-state index in [0.717, 1.165) is 32.0 Å². The van der Waals surface area contributed by atoms with Crippen molar-refractivity contribution >= 4 is 5.84 Å². The second kappa shape index (κ2) is 5.47. The van der Waals surface area contributed by atoms with Crippen molar-refractivity contribution in [1.29, 1.82) is 0 Å². The minimum absolute atomic E-state index is 0.358. The highest BCUT2D eigenvalue weighted by molar-refractivity contribution is 5.82. The van der Waals surface area contributed by atoms with E-state index in [1.807, 2.05) is 0 Å². The molecule has 0 bridgehead atoms. The third-order valence-electron chi connectivity index (χ3n) is 3.06. The molecule has 0 aromatic carbocycles. The number of amidine groups is 1. The molecule has 1 rings (SSSR count). The average Bonchev–Trinajstić information content (AvgIpc) is 2.18. The summed E-state index contributed by atoms with van der Waals surface area (Å²) in [6.45, 7) is 8.34. The Balaban J connectivity index is 2.46. The molecule has 1 saturated heterocycles. The average molecular weight is 212 g/mol. The Morgan fingerprint density at radius 3 is 2.67 bits per heavy atom. The van der Waals surface area contributed by atoms with E-state index < -0.39 is 0 Å². The molecule has 1 unspecified atom stereocenters. The number of nitrogens with zero attached hydrogens (tertiary/aromatic N) is 3. The van der Waals surface area contributed by atoms with Gasteiger partial charge in [-0.2, -0.15) is 0 Å². The van der Waals surface area contributed by atoms with E-state index in [4.69, 9.17) is 5.73 Å². The van der Waals surface area contributed by atoms with Gasteiger partial charge in [0.25, 0.3) is 0 Å². The SMILES string of the molecule is CC(C)C(N)=NCC1CN(C)CCN1C. The lowest BCUT2D eigenvalue weighted by Crippen LogP contribution is -2.51. The molecule has 88 valence electrons. The van der Waals surface area contributed by atoms with Crippen LogP contribution in [0, 0.1) is 5.92 Å². The van der Waals surface area contributed by atoms with E-state index in [0.29, 0.717) is 12.0 Å². The van der Waals surface area contributed by atoms with Crippen LogP contribution in [0.3, 0.4) is 0 Å². The second-order valence-electron chi connectivity index (χ2n) is 4.82. The summed E-state index contributed by atoms with van der Waals surface area (Å²) >= 11 is 0. The van der Waals surface area contributed by atoms with Crippen LogP contribution in [0.4, 0.5) is 0 Å². The zero-order valence-electron chi connectivity index (χ0n) is 10.4. The first kappa shape index (κ1) is 12.5. The smallest absolute Gasteiger partial charge is 0.0963 e. The number of aliphatic imine (C=N–C) groups is 1. The fraction of sp³-hybridized carbons (Fsp3) is 0.909. The minimum Gasteiger partial charge on any atom is -0.387 e. The van der Waals surface area contributed by atoms with Gasteiger partial charge < -0.3 is 10.6 Å². The number of nitrogens with two attached hydrogens (primary N) is 1. The van der Waals surface area contributed by atoms with Crippen molar-refractivity contribution in [2.24, 2.45) is 16.6 Å². The van der Waals surface area contributed by atoms with Gasteiger partial charge in [-0.05, 0) is 14.1 Å². The van der Waals surface area contributed by atoms with E-state index in [9.17, 15) is 0 Å². The molecule has 0 aromatic rings. The van der Waals surface area contributed by atoms with E-state index in [1.54, 1.807) is 0 Å². The molecule has 1 aliphatic rings. The molecule has 1 aliphatic heterocycles. The molecule has 4 nitrogen and oxygen atoms in total. The van der Waals surface area contributed by atoms with Crippen molar-refractivity contribution in [2.45, 2.75) is 19.9 Å². The van der Waals surface area contributed by atoms with Crippen LogP contribution in [-0.4, -0.2) is 62.0 Å². The van der Waals surface area contributed by atoms with Crippen molar-refractivity contribution in [1.82, 2.24) is 9.80 Å². The Hall–Kier alpha value is -0.610. The predicted molar refractivity (Wildman–Crippen MR) is 65.2 cm³/mol. The zero-order valence-corrected chi connectivity index (χ0v) is 10.4. The van der Waals surface area contributed by atoms with Gasteiger partial charge in [0.1, 0.15) is 0 Å². The first-order valence-electron chi connectivity index (χ1n) is 5.69. The van der Waals surface area contributed by atoms with E-state index in [1.165, 1.54) is 0 Å². The molecular formula is C11H24N4. The zero-order chi connectivity index (χ0) is 11.4. The summed E-state index contributed by atoms with van der Waals surface area (Å²) in [6, 6.07) is 0.515. The Kier molecular flexibility index (Phi) is 4.54. The van der Waals surface area contributed by atoms with Crippen LogP contribution in [0.1, 0.15) is 13.8 Å². The van der Waals surface area contributed by atoms with Crippen LogP contribution in [0.2, 0.25) is 0 Å². The maximum atomic E-state index is 5.83. The molecule has 0 aromatic heterocycles. The first-order valence-corrected chi connectivity index (χ1v) is 5.69. The van der Waals surface area contributed by atoms with Crippen LogP contribution in [0.5, 0.6) is 0 Å². The lowest BCUT2D eigenvalue weighted by Gasteiger charge is -2.36. The number of hydrogen-bond acceptors (Lipinski definition) is 3. The van der Waals surface area contributed by atoms with Gasteiger partial charge in [0.2, 0.25) is 0 Å². The molecule has 1 fully saturated rings. The molecular weight excluding hydrogens is 188 g/mol. The van der Waals surface area contributed by atoms with E-state index in [-0.39, 0.29) is 0 Å². The van der Waals surface area contributed by atoms with Crippen LogP contribution in [0.25, 0.3) is 0 Å². The van der Waals surface area contributed by atoms with Crippen molar-refractivity contribution < 1.29 is 0 Å². The van der Waals surface area contributed by atoms with Crippen LogP contribution >= 0.6 is 0 Å². The summed E-state index contributed by atoms with van der Waals surface area (Å²) < 4.78 is 0. The maximum absolute atomic E-state index is 5.83. The van der Waals surface area contributed by atoms with Crippen molar-refractivity contribution in [3.63, 3.8) is 0 Å². The molecule has 1 atom stereocenters. The van der Waals surface area contributed by atoms with Gasteiger partial charge in [-0.3, -0.25) is 9.89 Å². The highest BCUT2D eigenvalue weighted by atomic mass is 15.3. The van der Waals surface area contributed by atoms with Crippen LogP contribution in [-0.2, 0) is 0 Å². The quantitative estimate of drug-likeness (QED) is 0.538. The van der Waals surface area contributed by atoms with Crippen molar-refractivity contribution in [3.05, 3.63) is 0 Å². The molecule has 0 aliphatic carbocycles. The van der Waals surface area contributed by atoms with Gasteiger partial charge in [0.05, 0.1) is 12.4 Å². The molecule has 0 radical (unpaired) electrons. The van der Waals surface area contributed by atoms with Gasteiger partial charge in [-0.15, -0.1) is 0 Å². The number of likely N-dealkylation sites (N-methyl/N-ethyl adjacent to an activating group) is 2. The molecule has 4 heteroatoms. The molecule has 2 N–H and O–H groups in total.